The van der Waals surface area contributed by atoms with Gasteiger partial charge in [0, 0.05) is 10.6 Å². The summed E-state index contributed by atoms with van der Waals surface area (Å²) in [5.74, 6) is -0.803. The van der Waals surface area contributed by atoms with E-state index in [9.17, 15) is 9.90 Å². The van der Waals surface area contributed by atoms with Crippen molar-refractivity contribution in [2.24, 2.45) is 5.73 Å². The zero-order chi connectivity index (χ0) is 12.4. The molecule has 17 heavy (non-hydrogen) atoms. The lowest BCUT2D eigenvalue weighted by Gasteiger charge is -2.06. The topological polar surface area (TPSA) is 63.3 Å². The Balaban J connectivity index is 2.52. The van der Waals surface area contributed by atoms with Crippen LogP contribution in [0.2, 0.25) is 5.02 Å². The number of benzene rings is 2. The average Bonchev–Trinajstić information content (AvgIpc) is 2.29. The van der Waals surface area contributed by atoms with Crippen molar-refractivity contribution in [2.45, 2.75) is 0 Å². The number of nitrogens with two attached hydrogens (primary N) is 1. The number of aromatic hydroxyl groups is 1. The number of phenols is 1. The molecule has 0 heterocycles. The van der Waals surface area contributed by atoms with E-state index in [1.54, 1.807) is 12.1 Å². The molecule has 0 atom stereocenters. The van der Waals surface area contributed by atoms with Crippen molar-refractivity contribution in [2.75, 3.05) is 0 Å². The maximum absolute atomic E-state index is 11.0. The molecule has 0 aromatic heterocycles. The Labute approximate surface area is 103 Å². The molecule has 3 nitrogen and oxygen atoms in total. The predicted molar refractivity (Wildman–Crippen MR) is 67.1 cm³/mol. The fourth-order valence-electron chi connectivity index (χ4n) is 1.60. The quantitative estimate of drug-likeness (QED) is 0.857. The highest BCUT2D eigenvalue weighted by Gasteiger charge is 2.10. The van der Waals surface area contributed by atoms with E-state index >= 15 is 0 Å². The summed E-state index contributed by atoms with van der Waals surface area (Å²) in [6, 6.07) is 11.9. The van der Waals surface area contributed by atoms with Crippen LogP contribution in [-0.4, -0.2) is 11.0 Å². The summed E-state index contributed by atoms with van der Waals surface area (Å²) in [6.07, 6.45) is 0. The predicted octanol–water partition coefficient (Wildman–Crippen LogP) is 2.81. The van der Waals surface area contributed by atoms with Gasteiger partial charge < -0.3 is 10.8 Å². The molecule has 2 aromatic rings. The van der Waals surface area contributed by atoms with Gasteiger partial charge in [-0.15, -0.1) is 0 Å². The standard InChI is InChI=1S/C13H10ClNO2/c14-11-4-2-1-3-9(11)8-5-6-10(13(15)17)12(16)7-8/h1-7,16H,(H2,15,17). The summed E-state index contributed by atoms with van der Waals surface area (Å²) < 4.78 is 0. The van der Waals surface area contributed by atoms with Crippen molar-refractivity contribution < 1.29 is 9.90 Å². The van der Waals surface area contributed by atoms with Crippen LogP contribution in [0.1, 0.15) is 10.4 Å². The van der Waals surface area contributed by atoms with Crippen LogP contribution in [0.4, 0.5) is 0 Å². The van der Waals surface area contributed by atoms with E-state index < -0.39 is 5.91 Å². The van der Waals surface area contributed by atoms with E-state index in [1.807, 2.05) is 18.2 Å². The highest BCUT2D eigenvalue weighted by Crippen LogP contribution is 2.31. The minimum Gasteiger partial charge on any atom is -0.507 e. The van der Waals surface area contributed by atoms with Crippen LogP contribution in [0.5, 0.6) is 5.75 Å². The summed E-state index contributed by atoms with van der Waals surface area (Å²) in [6.45, 7) is 0. The van der Waals surface area contributed by atoms with E-state index in [0.29, 0.717) is 5.02 Å². The minimum absolute atomic E-state index is 0.0980. The van der Waals surface area contributed by atoms with Gasteiger partial charge in [-0.1, -0.05) is 35.9 Å². The van der Waals surface area contributed by atoms with Crippen LogP contribution >= 0.6 is 11.6 Å². The fourth-order valence-corrected chi connectivity index (χ4v) is 1.85. The Morgan fingerprint density at radius 2 is 1.88 bits per heavy atom. The van der Waals surface area contributed by atoms with E-state index in [-0.39, 0.29) is 11.3 Å². The van der Waals surface area contributed by atoms with Gasteiger partial charge in [-0.25, -0.2) is 0 Å². The summed E-state index contributed by atoms with van der Waals surface area (Å²) in [5, 5.41) is 10.3. The van der Waals surface area contributed by atoms with E-state index in [0.717, 1.165) is 11.1 Å². The second-order valence-electron chi connectivity index (χ2n) is 3.58. The second kappa shape index (κ2) is 4.47. The highest BCUT2D eigenvalue weighted by atomic mass is 35.5. The molecule has 0 saturated heterocycles. The second-order valence-corrected chi connectivity index (χ2v) is 3.98. The van der Waals surface area contributed by atoms with E-state index in [4.69, 9.17) is 17.3 Å². The first-order chi connectivity index (χ1) is 8.09. The number of hydrogen-bond acceptors (Lipinski definition) is 2. The Morgan fingerprint density at radius 1 is 1.18 bits per heavy atom. The first kappa shape index (κ1) is 11.5. The SMILES string of the molecule is NC(=O)c1ccc(-c2ccccc2Cl)cc1O. The van der Waals surface area contributed by atoms with Crippen LogP contribution < -0.4 is 5.73 Å². The zero-order valence-electron chi connectivity index (χ0n) is 8.85. The van der Waals surface area contributed by atoms with Gasteiger partial charge in [0.2, 0.25) is 0 Å². The van der Waals surface area contributed by atoms with E-state index in [2.05, 4.69) is 0 Å². The lowest BCUT2D eigenvalue weighted by Crippen LogP contribution is -2.10. The third-order valence-electron chi connectivity index (χ3n) is 2.45. The highest BCUT2D eigenvalue weighted by molar-refractivity contribution is 6.33. The maximum atomic E-state index is 11.0. The first-order valence-corrected chi connectivity index (χ1v) is 5.35. The summed E-state index contributed by atoms with van der Waals surface area (Å²) in [4.78, 5) is 11.0. The van der Waals surface area contributed by atoms with Crippen molar-refractivity contribution in [3.63, 3.8) is 0 Å². The summed E-state index contributed by atoms with van der Waals surface area (Å²) in [5.41, 5.74) is 6.73. The molecule has 0 unspecified atom stereocenters. The molecular formula is C13H10ClNO2. The molecule has 0 bridgehead atoms. The molecule has 86 valence electrons. The minimum atomic E-state index is -0.659. The molecular weight excluding hydrogens is 238 g/mol. The number of rotatable bonds is 2. The number of primary amides is 1. The van der Waals surface area contributed by atoms with Gasteiger partial charge in [0.1, 0.15) is 5.75 Å². The Morgan fingerprint density at radius 3 is 2.47 bits per heavy atom. The Hall–Kier alpha value is -2.00. The third-order valence-corrected chi connectivity index (χ3v) is 2.78. The van der Waals surface area contributed by atoms with Gasteiger partial charge >= 0.3 is 0 Å². The van der Waals surface area contributed by atoms with Crippen molar-refractivity contribution in [3.8, 4) is 16.9 Å². The molecule has 0 aliphatic heterocycles. The third kappa shape index (κ3) is 2.24. The normalized spacial score (nSPS) is 10.2. The van der Waals surface area contributed by atoms with Crippen molar-refractivity contribution in [1.29, 1.82) is 0 Å². The van der Waals surface area contributed by atoms with Crippen LogP contribution in [-0.2, 0) is 0 Å². The van der Waals surface area contributed by atoms with Gasteiger partial charge in [0.05, 0.1) is 5.56 Å². The molecule has 1 amide bonds. The molecule has 0 saturated carbocycles. The molecule has 0 aliphatic carbocycles. The summed E-state index contributed by atoms with van der Waals surface area (Å²) >= 11 is 6.04. The van der Waals surface area contributed by atoms with Gasteiger partial charge in [-0.05, 0) is 23.8 Å². The zero-order valence-corrected chi connectivity index (χ0v) is 9.61. The molecule has 3 N–H and O–H groups in total. The molecule has 0 spiro atoms. The monoisotopic (exact) mass is 247 g/mol. The number of carbonyl (C=O) groups is 1. The van der Waals surface area contributed by atoms with Crippen LogP contribution in [0, 0.1) is 0 Å². The molecule has 0 radical (unpaired) electrons. The van der Waals surface area contributed by atoms with Gasteiger partial charge in [0.15, 0.2) is 0 Å². The van der Waals surface area contributed by atoms with Crippen molar-refractivity contribution >= 4 is 17.5 Å². The summed E-state index contributed by atoms with van der Waals surface area (Å²) in [7, 11) is 0. The largest absolute Gasteiger partial charge is 0.507 e. The Bertz CT molecular complexity index is 581. The van der Waals surface area contributed by atoms with Crippen molar-refractivity contribution in [3.05, 3.63) is 53.1 Å². The number of hydrogen-bond donors (Lipinski definition) is 2. The molecule has 2 aromatic carbocycles. The Kier molecular flexibility index (Phi) is 3.02. The molecule has 0 fully saturated rings. The first-order valence-electron chi connectivity index (χ1n) is 4.97. The number of amides is 1. The molecule has 0 aliphatic rings. The van der Waals surface area contributed by atoms with Crippen LogP contribution in [0.15, 0.2) is 42.5 Å². The lowest BCUT2D eigenvalue weighted by atomic mass is 10.0. The van der Waals surface area contributed by atoms with Gasteiger partial charge in [0.25, 0.3) is 5.91 Å². The van der Waals surface area contributed by atoms with Gasteiger partial charge in [-0.2, -0.15) is 0 Å². The number of halogens is 1. The average molecular weight is 248 g/mol. The van der Waals surface area contributed by atoms with Gasteiger partial charge in [-0.3, -0.25) is 4.79 Å². The molecule has 2 rings (SSSR count). The number of carbonyl (C=O) groups excluding carboxylic acids is 1. The maximum Gasteiger partial charge on any atom is 0.252 e. The van der Waals surface area contributed by atoms with Crippen LogP contribution in [0.3, 0.4) is 0 Å². The fraction of sp³-hybridized carbons (Fsp3) is 0. The van der Waals surface area contributed by atoms with E-state index in [1.165, 1.54) is 12.1 Å². The van der Waals surface area contributed by atoms with Crippen LogP contribution in [0.25, 0.3) is 11.1 Å². The molecule has 4 heteroatoms. The smallest absolute Gasteiger partial charge is 0.252 e. The van der Waals surface area contributed by atoms with Crippen molar-refractivity contribution in [1.82, 2.24) is 0 Å². The lowest BCUT2D eigenvalue weighted by molar-refractivity contribution is 0.0998.